The summed E-state index contributed by atoms with van der Waals surface area (Å²) < 4.78 is 5.10. The number of alkyl halides is 1. The molecule has 0 fully saturated rings. The summed E-state index contributed by atoms with van der Waals surface area (Å²) in [7, 11) is 1.55. The Morgan fingerprint density at radius 1 is 1.56 bits per heavy atom. The molecule has 6 heteroatoms. The molecular formula is C12H16ClN3O2. The Kier molecular flexibility index (Phi) is 5.45. The number of hydrogen-bond acceptors (Lipinski definition) is 3. The minimum atomic E-state index is -0.0962. The van der Waals surface area contributed by atoms with Gasteiger partial charge in [0, 0.05) is 12.5 Å². The summed E-state index contributed by atoms with van der Waals surface area (Å²) in [5.74, 6) is 0.932. The van der Waals surface area contributed by atoms with Crippen LogP contribution in [0, 0.1) is 0 Å². The number of amides is 1. The maximum Gasteiger partial charge on any atom is 0.224 e. The Labute approximate surface area is 111 Å². The molecule has 0 aliphatic heterocycles. The van der Waals surface area contributed by atoms with Crippen molar-refractivity contribution in [1.82, 2.24) is 0 Å². The number of carbonyl (C=O) groups is 1. The molecule has 18 heavy (non-hydrogen) atoms. The van der Waals surface area contributed by atoms with E-state index in [4.69, 9.17) is 22.1 Å². The van der Waals surface area contributed by atoms with E-state index >= 15 is 0 Å². The monoisotopic (exact) mass is 269 g/mol. The Hall–Kier alpha value is -1.75. The Morgan fingerprint density at radius 2 is 2.28 bits per heavy atom. The second-order valence-corrected chi connectivity index (χ2v) is 3.79. The van der Waals surface area contributed by atoms with Gasteiger partial charge in [0.05, 0.1) is 24.4 Å². The van der Waals surface area contributed by atoms with E-state index in [1.165, 1.54) is 0 Å². The molecule has 0 saturated heterocycles. The van der Waals surface area contributed by atoms with Gasteiger partial charge in [0.15, 0.2) is 0 Å². The van der Waals surface area contributed by atoms with Crippen LogP contribution in [-0.2, 0) is 4.79 Å². The molecule has 0 heterocycles. The van der Waals surface area contributed by atoms with E-state index in [9.17, 15) is 4.79 Å². The molecule has 98 valence electrons. The number of hydrogen-bond donors (Lipinski definition) is 2. The van der Waals surface area contributed by atoms with Crippen LogP contribution in [0.5, 0.6) is 5.75 Å². The zero-order valence-electron chi connectivity index (χ0n) is 10.4. The Bertz CT molecular complexity index is 461. The molecule has 0 bridgehead atoms. The van der Waals surface area contributed by atoms with Crippen molar-refractivity contribution >= 4 is 34.7 Å². The number of benzene rings is 1. The molecule has 3 N–H and O–H groups in total. The second kappa shape index (κ2) is 6.86. The summed E-state index contributed by atoms with van der Waals surface area (Å²) in [6, 6.07) is 5.14. The van der Waals surface area contributed by atoms with Gasteiger partial charge in [0.25, 0.3) is 0 Å². The van der Waals surface area contributed by atoms with Crippen LogP contribution in [0.25, 0.3) is 0 Å². The van der Waals surface area contributed by atoms with Gasteiger partial charge < -0.3 is 15.8 Å². The SMILES string of the molecule is CCC(=O)Nc1ccc(OC)cc1N=C(N)CCl. The number of methoxy groups -OCH3 is 1. The first-order valence-electron chi connectivity index (χ1n) is 5.47. The number of halogens is 1. The number of ether oxygens (including phenoxy) is 1. The highest BCUT2D eigenvalue weighted by Gasteiger charge is 2.07. The van der Waals surface area contributed by atoms with Gasteiger partial charge >= 0.3 is 0 Å². The zero-order chi connectivity index (χ0) is 13.5. The van der Waals surface area contributed by atoms with Gasteiger partial charge in [-0.1, -0.05) is 6.92 Å². The van der Waals surface area contributed by atoms with E-state index in [0.717, 1.165) is 0 Å². The molecule has 0 spiro atoms. The molecular weight excluding hydrogens is 254 g/mol. The molecule has 0 unspecified atom stereocenters. The number of aliphatic imine (C=N–C) groups is 1. The van der Waals surface area contributed by atoms with Crippen LogP contribution in [0.2, 0.25) is 0 Å². The van der Waals surface area contributed by atoms with Crippen molar-refractivity contribution < 1.29 is 9.53 Å². The summed E-state index contributed by atoms with van der Waals surface area (Å²) in [6.07, 6.45) is 0.389. The van der Waals surface area contributed by atoms with E-state index in [2.05, 4.69) is 10.3 Å². The number of rotatable bonds is 5. The third-order valence-corrected chi connectivity index (χ3v) is 2.47. The fourth-order valence-electron chi connectivity index (χ4n) is 1.26. The Balaban J connectivity index is 3.12. The summed E-state index contributed by atoms with van der Waals surface area (Å²) in [5.41, 5.74) is 6.70. The smallest absolute Gasteiger partial charge is 0.224 e. The van der Waals surface area contributed by atoms with Gasteiger partial charge in [-0.15, -0.1) is 11.6 Å². The molecule has 0 radical (unpaired) electrons. The number of anilines is 1. The minimum Gasteiger partial charge on any atom is -0.497 e. The van der Waals surface area contributed by atoms with E-state index in [-0.39, 0.29) is 17.6 Å². The highest BCUT2D eigenvalue weighted by molar-refractivity contribution is 6.28. The van der Waals surface area contributed by atoms with Crippen LogP contribution < -0.4 is 15.8 Å². The molecule has 5 nitrogen and oxygen atoms in total. The van der Waals surface area contributed by atoms with Crippen LogP contribution in [0.3, 0.4) is 0 Å². The number of nitrogens with one attached hydrogen (secondary N) is 1. The van der Waals surface area contributed by atoms with Crippen molar-refractivity contribution in [2.45, 2.75) is 13.3 Å². The molecule has 1 rings (SSSR count). The number of carbonyl (C=O) groups excluding carboxylic acids is 1. The van der Waals surface area contributed by atoms with Crippen LogP contribution >= 0.6 is 11.6 Å². The standard InChI is InChI=1S/C12H16ClN3O2/c1-3-12(17)16-9-5-4-8(18-2)6-10(9)15-11(14)7-13/h4-6H,3,7H2,1-2H3,(H2,14,15)(H,16,17). The lowest BCUT2D eigenvalue weighted by atomic mass is 10.2. The lowest BCUT2D eigenvalue weighted by Gasteiger charge is -2.09. The van der Waals surface area contributed by atoms with Crippen LogP contribution in [0.4, 0.5) is 11.4 Å². The third-order valence-electron chi connectivity index (χ3n) is 2.20. The van der Waals surface area contributed by atoms with Crippen molar-refractivity contribution in [3.63, 3.8) is 0 Å². The minimum absolute atomic E-state index is 0.0962. The second-order valence-electron chi connectivity index (χ2n) is 3.52. The average molecular weight is 270 g/mol. The maximum atomic E-state index is 11.4. The molecule has 0 aromatic heterocycles. The van der Waals surface area contributed by atoms with Crippen LogP contribution in [0.15, 0.2) is 23.2 Å². The maximum absolute atomic E-state index is 11.4. The molecule has 1 amide bonds. The largest absolute Gasteiger partial charge is 0.497 e. The molecule has 1 aromatic rings. The van der Waals surface area contributed by atoms with E-state index in [0.29, 0.717) is 23.5 Å². The topological polar surface area (TPSA) is 76.7 Å². The molecule has 1 aromatic carbocycles. The zero-order valence-corrected chi connectivity index (χ0v) is 11.1. The number of nitrogens with two attached hydrogens (primary N) is 1. The summed E-state index contributed by atoms with van der Waals surface area (Å²) >= 11 is 5.59. The first-order chi connectivity index (χ1) is 8.60. The first kappa shape index (κ1) is 14.3. The van der Waals surface area contributed by atoms with Gasteiger partial charge in [-0.25, -0.2) is 4.99 Å². The van der Waals surface area contributed by atoms with Gasteiger partial charge in [0.1, 0.15) is 11.6 Å². The highest BCUT2D eigenvalue weighted by Crippen LogP contribution is 2.29. The van der Waals surface area contributed by atoms with Crippen molar-refractivity contribution in [3.8, 4) is 5.75 Å². The predicted octanol–water partition coefficient (Wildman–Crippen LogP) is 2.27. The summed E-state index contributed by atoms with van der Waals surface area (Å²) in [5, 5.41) is 2.74. The molecule has 0 saturated carbocycles. The van der Waals surface area contributed by atoms with Gasteiger partial charge in [-0.05, 0) is 12.1 Å². The Morgan fingerprint density at radius 3 is 2.83 bits per heavy atom. The lowest BCUT2D eigenvalue weighted by Crippen LogP contribution is -2.13. The number of nitrogens with zero attached hydrogens (tertiary/aromatic N) is 1. The van der Waals surface area contributed by atoms with Gasteiger partial charge in [-0.3, -0.25) is 4.79 Å². The van der Waals surface area contributed by atoms with Crippen molar-refractivity contribution in [3.05, 3.63) is 18.2 Å². The summed E-state index contributed by atoms with van der Waals surface area (Å²) in [4.78, 5) is 15.5. The fraction of sp³-hybridized carbons (Fsp3) is 0.333. The van der Waals surface area contributed by atoms with E-state index in [1.807, 2.05) is 0 Å². The third kappa shape index (κ3) is 3.92. The van der Waals surface area contributed by atoms with Crippen LogP contribution in [0.1, 0.15) is 13.3 Å². The normalized spacial score (nSPS) is 11.2. The van der Waals surface area contributed by atoms with Crippen molar-refractivity contribution in [2.75, 3.05) is 18.3 Å². The average Bonchev–Trinajstić information content (AvgIpc) is 2.40. The molecule has 0 atom stereocenters. The molecule has 0 aliphatic carbocycles. The lowest BCUT2D eigenvalue weighted by molar-refractivity contribution is -0.115. The predicted molar refractivity (Wildman–Crippen MR) is 73.9 cm³/mol. The highest BCUT2D eigenvalue weighted by atomic mass is 35.5. The first-order valence-corrected chi connectivity index (χ1v) is 6.01. The van der Waals surface area contributed by atoms with E-state index in [1.54, 1.807) is 32.2 Å². The molecule has 0 aliphatic rings. The fourth-order valence-corrected chi connectivity index (χ4v) is 1.32. The van der Waals surface area contributed by atoms with Gasteiger partial charge in [-0.2, -0.15) is 0 Å². The van der Waals surface area contributed by atoms with E-state index < -0.39 is 0 Å². The quantitative estimate of drug-likeness (QED) is 0.489. The summed E-state index contributed by atoms with van der Waals surface area (Å²) in [6.45, 7) is 1.77. The number of amidine groups is 1. The van der Waals surface area contributed by atoms with Crippen LogP contribution in [-0.4, -0.2) is 24.7 Å². The van der Waals surface area contributed by atoms with Crippen molar-refractivity contribution in [2.24, 2.45) is 10.7 Å². The van der Waals surface area contributed by atoms with Crippen molar-refractivity contribution in [1.29, 1.82) is 0 Å². The van der Waals surface area contributed by atoms with Gasteiger partial charge in [0.2, 0.25) is 5.91 Å².